The third-order valence-electron chi connectivity index (χ3n) is 3.61. The SMILES string of the molecule is CCCCOCCOC(=O)CCCOCCCC(=O)OCCOCCCC. The molecule has 7 heteroatoms. The molecule has 0 aliphatic heterocycles. The molecular weight excluding hydrogens is 352 g/mol. The molecule has 7 nitrogen and oxygen atoms in total. The largest absolute Gasteiger partial charge is 0.463 e. The molecule has 0 radical (unpaired) electrons. The quantitative estimate of drug-likeness (QED) is 0.233. The average molecular weight is 391 g/mol. The van der Waals surface area contributed by atoms with E-state index in [0.29, 0.717) is 78.5 Å². The highest BCUT2D eigenvalue weighted by Crippen LogP contribution is 1.98. The average Bonchev–Trinajstić information content (AvgIpc) is 2.66. The summed E-state index contributed by atoms with van der Waals surface area (Å²) in [7, 11) is 0. The van der Waals surface area contributed by atoms with Gasteiger partial charge in [-0.25, -0.2) is 0 Å². The fourth-order valence-electron chi connectivity index (χ4n) is 2.01. The standard InChI is InChI=1S/C20H38O7/c1-3-5-11-24-15-17-26-19(21)9-7-13-23-14-8-10-20(22)27-18-16-25-12-6-4-2/h3-18H2,1-2H3. The van der Waals surface area contributed by atoms with E-state index in [1.807, 2.05) is 0 Å². The van der Waals surface area contributed by atoms with E-state index in [2.05, 4.69) is 13.8 Å². The number of carbonyl (C=O) groups is 2. The van der Waals surface area contributed by atoms with Crippen LogP contribution in [0.3, 0.4) is 0 Å². The number of rotatable bonds is 20. The van der Waals surface area contributed by atoms with Gasteiger partial charge in [0, 0.05) is 39.3 Å². The molecular formula is C20H38O7. The van der Waals surface area contributed by atoms with E-state index in [0.717, 1.165) is 25.7 Å². The Balaban J connectivity index is 3.27. The fraction of sp³-hybridized carbons (Fsp3) is 0.900. The Labute approximate surface area is 164 Å². The summed E-state index contributed by atoms with van der Waals surface area (Å²) in [6.45, 7) is 8.07. The van der Waals surface area contributed by atoms with E-state index in [9.17, 15) is 9.59 Å². The maximum Gasteiger partial charge on any atom is 0.305 e. The van der Waals surface area contributed by atoms with Crippen molar-refractivity contribution in [2.24, 2.45) is 0 Å². The van der Waals surface area contributed by atoms with Gasteiger partial charge in [0.2, 0.25) is 0 Å². The molecule has 0 aliphatic rings. The molecule has 0 amide bonds. The van der Waals surface area contributed by atoms with Crippen molar-refractivity contribution in [1.82, 2.24) is 0 Å². The summed E-state index contributed by atoms with van der Waals surface area (Å²) in [5.74, 6) is -0.468. The van der Waals surface area contributed by atoms with E-state index in [1.54, 1.807) is 0 Å². The lowest BCUT2D eigenvalue weighted by molar-refractivity contribution is -0.146. The third-order valence-corrected chi connectivity index (χ3v) is 3.61. The van der Waals surface area contributed by atoms with Crippen LogP contribution in [0.1, 0.15) is 65.2 Å². The summed E-state index contributed by atoms with van der Waals surface area (Å²) >= 11 is 0. The van der Waals surface area contributed by atoms with Crippen LogP contribution in [0.25, 0.3) is 0 Å². The minimum absolute atomic E-state index is 0.234. The van der Waals surface area contributed by atoms with Gasteiger partial charge in [-0.3, -0.25) is 9.59 Å². The second kappa shape index (κ2) is 21.1. The summed E-state index contributed by atoms with van der Waals surface area (Å²) in [5.41, 5.74) is 0. The zero-order valence-corrected chi connectivity index (χ0v) is 17.2. The predicted molar refractivity (Wildman–Crippen MR) is 103 cm³/mol. The maximum absolute atomic E-state index is 11.5. The number of unbranched alkanes of at least 4 members (excludes halogenated alkanes) is 2. The van der Waals surface area contributed by atoms with Gasteiger partial charge in [0.15, 0.2) is 0 Å². The van der Waals surface area contributed by atoms with Crippen LogP contribution < -0.4 is 0 Å². The number of hydrogen-bond acceptors (Lipinski definition) is 7. The van der Waals surface area contributed by atoms with E-state index in [1.165, 1.54) is 0 Å². The van der Waals surface area contributed by atoms with Crippen LogP contribution >= 0.6 is 0 Å². The van der Waals surface area contributed by atoms with Crippen LogP contribution in [-0.4, -0.2) is 64.8 Å². The first kappa shape index (κ1) is 25.8. The Morgan fingerprint density at radius 2 is 0.889 bits per heavy atom. The molecule has 0 N–H and O–H groups in total. The summed E-state index contributed by atoms with van der Waals surface area (Å²) in [6.07, 6.45) is 6.10. The highest BCUT2D eigenvalue weighted by molar-refractivity contribution is 5.69. The lowest BCUT2D eigenvalue weighted by Crippen LogP contribution is -2.12. The van der Waals surface area contributed by atoms with Crippen molar-refractivity contribution in [3.63, 3.8) is 0 Å². The Morgan fingerprint density at radius 3 is 1.30 bits per heavy atom. The highest BCUT2D eigenvalue weighted by Gasteiger charge is 2.04. The van der Waals surface area contributed by atoms with E-state index in [-0.39, 0.29) is 11.9 Å². The summed E-state index contributed by atoms with van der Waals surface area (Å²) < 4.78 is 26.2. The Morgan fingerprint density at radius 1 is 0.519 bits per heavy atom. The first-order valence-corrected chi connectivity index (χ1v) is 10.2. The van der Waals surface area contributed by atoms with Gasteiger partial charge in [0.25, 0.3) is 0 Å². The van der Waals surface area contributed by atoms with Crippen LogP contribution in [0.5, 0.6) is 0 Å². The number of esters is 2. The minimum Gasteiger partial charge on any atom is -0.463 e. The molecule has 0 spiro atoms. The second-order valence-corrected chi connectivity index (χ2v) is 6.19. The lowest BCUT2D eigenvalue weighted by atomic mass is 10.3. The van der Waals surface area contributed by atoms with Gasteiger partial charge in [-0.05, 0) is 25.7 Å². The zero-order chi connectivity index (χ0) is 20.0. The molecule has 0 heterocycles. The zero-order valence-electron chi connectivity index (χ0n) is 17.2. The van der Waals surface area contributed by atoms with Gasteiger partial charge >= 0.3 is 11.9 Å². The van der Waals surface area contributed by atoms with Gasteiger partial charge in [0.05, 0.1) is 13.2 Å². The first-order chi connectivity index (χ1) is 13.2. The van der Waals surface area contributed by atoms with Crippen LogP contribution in [0, 0.1) is 0 Å². The topological polar surface area (TPSA) is 80.3 Å². The second-order valence-electron chi connectivity index (χ2n) is 6.19. The van der Waals surface area contributed by atoms with Crippen molar-refractivity contribution >= 4 is 11.9 Å². The molecule has 27 heavy (non-hydrogen) atoms. The maximum atomic E-state index is 11.5. The molecule has 0 aliphatic carbocycles. The van der Waals surface area contributed by atoms with Gasteiger partial charge in [-0.2, -0.15) is 0 Å². The molecule has 0 fully saturated rings. The molecule has 0 unspecified atom stereocenters. The highest BCUT2D eigenvalue weighted by atomic mass is 16.6. The van der Waals surface area contributed by atoms with Gasteiger partial charge in [0.1, 0.15) is 13.2 Å². The molecule has 0 aromatic rings. The molecule has 0 aromatic heterocycles. The molecule has 160 valence electrons. The normalized spacial score (nSPS) is 10.7. The van der Waals surface area contributed by atoms with E-state index in [4.69, 9.17) is 23.7 Å². The summed E-state index contributed by atoms with van der Waals surface area (Å²) in [6, 6.07) is 0. The van der Waals surface area contributed by atoms with E-state index < -0.39 is 0 Å². The van der Waals surface area contributed by atoms with Crippen molar-refractivity contribution in [2.75, 3.05) is 52.9 Å². The summed E-state index contributed by atoms with van der Waals surface area (Å²) in [5, 5.41) is 0. The Bertz CT molecular complexity index is 315. The van der Waals surface area contributed by atoms with Crippen molar-refractivity contribution < 1.29 is 33.3 Å². The van der Waals surface area contributed by atoms with Crippen LogP contribution in [-0.2, 0) is 33.3 Å². The molecule has 0 aromatic carbocycles. The molecule has 0 saturated carbocycles. The van der Waals surface area contributed by atoms with E-state index >= 15 is 0 Å². The molecule has 0 rings (SSSR count). The van der Waals surface area contributed by atoms with Crippen molar-refractivity contribution in [2.45, 2.75) is 65.2 Å². The lowest BCUT2D eigenvalue weighted by Gasteiger charge is -2.07. The molecule has 0 bridgehead atoms. The third kappa shape index (κ3) is 21.0. The van der Waals surface area contributed by atoms with Gasteiger partial charge in [-0.1, -0.05) is 26.7 Å². The molecule has 0 saturated heterocycles. The number of hydrogen-bond donors (Lipinski definition) is 0. The van der Waals surface area contributed by atoms with Gasteiger partial charge < -0.3 is 23.7 Å². The minimum atomic E-state index is -0.234. The number of ether oxygens (including phenoxy) is 5. The predicted octanol–water partition coefficient (Wildman–Crippen LogP) is 3.28. The van der Waals surface area contributed by atoms with Crippen molar-refractivity contribution in [3.05, 3.63) is 0 Å². The van der Waals surface area contributed by atoms with Crippen molar-refractivity contribution in [1.29, 1.82) is 0 Å². The van der Waals surface area contributed by atoms with Crippen LogP contribution in [0.15, 0.2) is 0 Å². The fourth-order valence-corrected chi connectivity index (χ4v) is 2.01. The van der Waals surface area contributed by atoms with Gasteiger partial charge in [-0.15, -0.1) is 0 Å². The summed E-state index contributed by atoms with van der Waals surface area (Å²) in [4.78, 5) is 23.0. The van der Waals surface area contributed by atoms with Crippen molar-refractivity contribution in [3.8, 4) is 0 Å². The monoisotopic (exact) mass is 390 g/mol. The first-order valence-electron chi connectivity index (χ1n) is 10.2. The Hall–Kier alpha value is -1.18. The van der Waals surface area contributed by atoms with Crippen LogP contribution in [0.4, 0.5) is 0 Å². The smallest absolute Gasteiger partial charge is 0.305 e. The molecule has 0 atom stereocenters. The Kier molecular flexibility index (Phi) is 20.2. The number of carbonyl (C=O) groups excluding carboxylic acids is 2. The van der Waals surface area contributed by atoms with Crippen LogP contribution in [0.2, 0.25) is 0 Å².